The van der Waals surface area contributed by atoms with Gasteiger partial charge < -0.3 is 5.32 Å². The lowest BCUT2D eigenvalue weighted by Gasteiger charge is -2.20. The molecular formula is C10H13BrClNOS. The number of carbonyl (C=O) groups excluding carboxylic acids is 1. The zero-order chi connectivity index (χ0) is 9.97. The highest BCUT2D eigenvalue weighted by molar-refractivity contribution is 9.11. The Morgan fingerprint density at radius 3 is 2.60 bits per heavy atom. The zero-order valence-electron chi connectivity index (χ0n) is 8.16. The molecule has 0 aromatic carbocycles. The highest BCUT2D eigenvalue weighted by atomic mass is 79.9. The number of piperidine rings is 1. The van der Waals surface area contributed by atoms with Gasteiger partial charge in [-0.1, -0.05) is 0 Å². The molecule has 1 aromatic heterocycles. The molecule has 1 N–H and O–H groups in total. The highest BCUT2D eigenvalue weighted by Crippen LogP contribution is 2.26. The van der Waals surface area contributed by atoms with E-state index >= 15 is 0 Å². The fourth-order valence-corrected chi connectivity index (χ4v) is 3.14. The summed E-state index contributed by atoms with van der Waals surface area (Å²) in [4.78, 5) is 12.9. The number of hydrogen-bond donors (Lipinski definition) is 1. The van der Waals surface area contributed by atoms with Gasteiger partial charge in [0.15, 0.2) is 5.78 Å². The molecule has 1 aromatic rings. The summed E-state index contributed by atoms with van der Waals surface area (Å²) in [6.07, 6.45) is 1.96. The van der Waals surface area contributed by atoms with Crippen molar-refractivity contribution in [2.24, 2.45) is 5.92 Å². The fraction of sp³-hybridized carbons (Fsp3) is 0.500. The monoisotopic (exact) mass is 309 g/mol. The predicted octanol–water partition coefficient (Wildman–Crippen LogP) is 3.11. The van der Waals surface area contributed by atoms with E-state index in [4.69, 9.17) is 0 Å². The minimum absolute atomic E-state index is 0. The first-order chi connectivity index (χ1) is 6.77. The first-order valence-corrected chi connectivity index (χ1v) is 6.38. The summed E-state index contributed by atoms with van der Waals surface area (Å²) in [6, 6.07) is 3.86. The Bertz CT molecular complexity index is 336. The van der Waals surface area contributed by atoms with E-state index in [-0.39, 0.29) is 18.3 Å². The van der Waals surface area contributed by atoms with Crippen molar-refractivity contribution in [3.05, 3.63) is 20.8 Å². The Balaban J connectivity index is 0.00000112. The fourth-order valence-electron chi connectivity index (χ4n) is 1.73. The average molecular weight is 311 g/mol. The van der Waals surface area contributed by atoms with Gasteiger partial charge in [-0.25, -0.2) is 0 Å². The summed E-state index contributed by atoms with van der Waals surface area (Å²) < 4.78 is 1.04. The largest absolute Gasteiger partial charge is 0.317 e. The topological polar surface area (TPSA) is 29.1 Å². The van der Waals surface area contributed by atoms with Gasteiger partial charge in [-0.15, -0.1) is 23.7 Å². The van der Waals surface area contributed by atoms with Crippen molar-refractivity contribution >= 4 is 45.5 Å². The van der Waals surface area contributed by atoms with Crippen molar-refractivity contribution in [2.75, 3.05) is 13.1 Å². The summed E-state index contributed by atoms with van der Waals surface area (Å²) >= 11 is 4.91. The summed E-state index contributed by atoms with van der Waals surface area (Å²) in [7, 11) is 0. The minimum Gasteiger partial charge on any atom is -0.317 e. The quantitative estimate of drug-likeness (QED) is 0.850. The van der Waals surface area contributed by atoms with Gasteiger partial charge in [-0.2, -0.15) is 0 Å². The zero-order valence-corrected chi connectivity index (χ0v) is 11.4. The number of ketones is 1. The number of rotatable bonds is 2. The molecule has 0 spiro atoms. The lowest BCUT2D eigenvalue weighted by molar-refractivity contribution is 0.0899. The van der Waals surface area contributed by atoms with Crippen LogP contribution in [0, 0.1) is 5.92 Å². The normalized spacial score (nSPS) is 17.1. The van der Waals surface area contributed by atoms with E-state index < -0.39 is 0 Å². The smallest absolute Gasteiger partial charge is 0.175 e. The number of halogens is 2. The van der Waals surface area contributed by atoms with Crippen LogP contribution in [0.15, 0.2) is 15.9 Å². The van der Waals surface area contributed by atoms with E-state index in [1.54, 1.807) is 0 Å². The van der Waals surface area contributed by atoms with Crippen molar-refractivity contribution in [2.45, 2.75) is 12.8 Å². The molecule has 15 heavy (non-hydrogen) atoms. The van der Waals surface area contributed by atoms with Crippen molar-refractivity contribution in [1.82, 2.24) is 5.32 Å². The molecule has 2 nitrogen and oxygen atoms in total. The van der Waals surface area contributed by atoms with Crippen LogP contribution in [-0.4, -0.2) is 18.9 Å². The van der Waals surface area contributed by atoms with Crippen LogP contribution in [0.5, 0.6) is 0 Å². The lowest BCUT2D eigenvalue weighted by Crippen LogP contribution is -2.31. The van der Waals surface area contributed by atoms with E-state index in [2.05, 4.69) is 21.2 Å². The molecule has 1 saturated heterocycles. The molecule has 2 rings (SSSR count). The molecule has 1 fully saturated rings. The van der Waals surface area contributed by atoms with Crippen LogP contribution >= 0.6 is 39.7 Å². The second-order valence-corrected chi connectivity index (χ2v) is 5.96. The number of thiophene rings is 1. The Morgan fingerprint density at radius 1 is 1.40 bits per heavy atom. The maximum Gasteiger partial charge on any atom is 0.175 e. The van der Waals surface area contributed by atoms with Crippen molar-refractivity contribution in [3.63, 3.8) is 0 Å². The Kier molecular flexibility index (Phi) is 5.26. The molecule has 0 unspecified atom stereocenters. The van der Waals surface area contributed by atoms with Gasteiger partial charge >= 0.3 is 0 Å². The van der Waals surface area contributed by atoms with Crippen LogP contribution in [0.3, 0.4) is 0 Å². The van der Waals surface area contributed by atoms with Gasteiger partial charge in [-0.3, -0.25) is 4.79 Å². The van der Waals surface area contributed by atoms with Crippen LogP contribution < -0.4 is 5.32 Å². The van der Waals surface area contributed by atoms with E-state index in [1.165, 1.54) is 11.3 Å². The molecule has 0 atom stereocenters. The molecule has 0 saturated carbocycles. The number of nitrogens with one attached hydrogen (secondary N) is 1. The lowest BCUT2D eigenvalue weighted by atomic mass is 9.93. The minimum atomic E-state index is 0. The van der Waals surface area contributed by atoms with Crippen molar-refractivity contribution in [3.8, 4) is 0 Å². The number of hydrogen-bond acceptors (Lipinski definition) is 3. The molecule has 2 heterocycles. The Hall–Kier alpha value is 0.1000. The molecule has 5 heteroatoms. The van der Waals surface area contributed by atoms with Crippen molar-refractivity contribution in [1.29, 1.82) is 0 Å². The van der Waals surface area contributed by atoms with Gasteiger partial charge in [-0.05, 0) is 54.0 Å². The molecule has 1 aliphatic heterocycles. The number of carbonyl (C=O) groups is 1. The molecule has 0 aliphatic carbocycles. The van der Waals surface area contributed by atoms with Crippen LogP contribution in [0.25, 0.3) is 0 Å². The maximum absolute atomic E-state index is 12.0. The second kappa shape index (κ2) is 5.99. The second-order valence-electron chi connectivity index (χ2n) is 3.49. The van der Waals surface area contributed by atoms with Crippen LogP contribution in [0.2, 0.25) is 0 Å². The SMILES string of the molecule is Cl.O=C(c1ccc(Br)s1)C1CCNCC1. The third-order valence-corrected chi connectivity index (χ3v) is 4.16. The first kappa shape index (κ1) is 13.2. The van der Waals surface area contributed by atoms with Gasteiger partial charge in [0, 0.05) is 5.92 Å². The molecule has 0 radical (unpaired) electrons. The summed E-state index contributed by atoms with van der Waals surface area (Å²) in [6.45, 7) is 1.95. The molecule has 1 aliphatic rings. The summed E-state index contributed by atoms with van der Waals surface area (Å²) in [5.41, 5.74) is 0. The van der Waals surface area contributed by atoms with Gasteiger partial charge in [0.05, 0.1) is 8.66 Å². The third-order valence-electron chi connectivity index (χ3n) is 2.53. The van der Waals surface area contributed by atoms with Gasteiger partial charge in [0.25, 0.3) is 0 Å². The van der Waals surface area contributed by atoms with Crippen molar-refractivity contribution < 1.29 is 4.79 Å². The molecule has 0 bridgehead atoms. The Morgan fingerprint density at radius 2 is 2.07 bits per heavy atom. The third kappa shape index (κ3) is 3.28. The molecule has 84 valence electrons. The highest BCUT2D eigenvalue weighted by Gasteiger charge is 2.22. The van der Waals surface area contributed by atoms with E-state index in [0.717, 1.165) is 34.6 Å². The van der Waals surface area contributed by atoms with Gasteiger partial charge in [0.1, 0.15) is 0 Å². The van der Waals surface area contributed by atoms with E-state index in [1.807, 2.05) is 12.1 Å². The first-order valence-electron chi connectivity index (χ1n) is 4.77. The van der Waals surface area contributed by atoms with Crippen LogP contribution in [-0.2, 0) is 0 Å². The van der Waals surface area contributed by atoms with E-state index in [0.29, 0.717) is 5.78 Å². The summed E-state index contributed by atoms with van der Waals surface area (Å²) in [5.74, 6) is 0.559. The van der Waals surface area contributed by atoms with Gasteiger partial charge in [0.2, 0.25) is 0 Å². The van der Waals surface area contributed by atoms with Crippen LogP contribution in [0.4, 0.5) is 0 Å². The maximum atomic E-state index is 12.0. The predicted molar refractivity (Wildman–Crippen MR) is 69.2 cm³/mol. The number of Topliss-reactive ketones (excluding diaryl/α,β-unsaturated/α-hetero) is 1. The van der Waals surface area contributed by atoms with Crippen LogP contribution in [0.1, 0.15) is 22.5 Å². The average Bonchev–Trinajstić information content (AvgIpc) is 2.65. The molecular weight excluding hydrogens is 298 g/mol. The standard InChI is InChI=1S/C10H12BrNOS.ClH/c11-9-2-1-8(14-9)10(13)7-3-5-12-6-4-7;/h1-2,7,12H,3-6H2;1H. The Labute approximate surface area is 108 Å². The van der Waals surface area contributed by atoms with E-state index in [9.17, 15) is 4.79 Å². The molecule has 0 amide bonds. The summed E-state index contributed by atoms with van der Waals surface area (Å²) in [5, 5.41) is 3.27.